The normalized spacial score (nSPS) is 11.9. The topological polar surface area (TPSA) is 100 Å². The summed E-state index contributed by atoms with van der Waals surface area (Å²) in [5.41, 5.74) is 4.06. The van der Waals surface area contributed by atoms with Crippen LogP contribution in [0.2, 0.25) is 0 Å². The van der Waals surface area contributed by atoms with Crippen LogP contribution in [0, 0.1) is 13.8 Å². The van der Waals surface area contributed by atoms with Crippen molar-refractivity contribution in [3.8, 4) is 0 Å². The summed E-state index contributed by atoms with van der Waals surface area (Å²) >= 11 is 1.42. The van der Waals surface area contributed by atoms with E-state index < -0.39 is 11.8 Å². The number of anilines is 2. The molecular weight excluding hydrogens is 510 g/mol. The zero-order valence-corrected chi connectivity index (χ0v) is 22.7. The molecule has 0 aliphatic heterocycles. The maximum atomic E-state index is 13.1. The van der Waals surface area contributed by atoms with Gasteiger partial charge < -0.3 is 20.4 Å². The van der Waals surface area contributed by atoms with Crippen molar-refractivity contribution in [2.24, 2.45) is 0 Å². The molecule has 0 saturated carbocycles. The van der Waals surface area contributed by atoms with Crippen LogP contribution in [0.3, 0.4) is 0 Å². The van der Waals surface area contributed by atoms with Crippen LogP contribution < -0.4 is 16.0 Å². The van der Waals surface area contributed by atoms with Gasteiger partial charge in [0.25, 0.3) is 11.8 Å². The number of aryl methyl sites for hydroxylation is 2. The second-order valence-electron chi connectivity index (χ2n) is 8.92. The number of carbonyl (C=O) groups excluding carboxylic acids is 3. The van der Waals surface area contributed by atoms with Gasteiger partial charge in [-0.05, 0) is 92.6 Å². The predicted molar refractivity (Wildman–Crippen MR) is 156 cm³/mol. The van der Waals surface area contributed by atoms with E-state index in [9.17, 15) is 14.4 Å². The maximum Gasteiger partial charge on any atom is 0.272 e. The van der Waals surface area contributed by atoms with Crippen molar-refractivity contribution in [1.82, 2.24) is 5.32 Å². The number of hydrogen-bond acceptors (Lipinski definition) is 5. The molecule has 1 atom stereocenters. The molecule has 0 bridgehead atoms. The molecule has 0 spiro atoms. The van der Waals surface area contributed by atoms with Gasteiger partial charge in [-0.25, -0.2) is 0 Å². The van der Waals surface area contributed by atoms with E-state index >= 15 is 0 Å². The van der Waals surface area contributed by atoms with Crippen LogP contribution in [0.5, 0.6) is 0 Å². The highest BCUT2D eigenvalue weighted by atomic mass is 32.2. The highest BCUT2D eigenvalue weighted by Gasteiger charge is 2.17. The Morgan fingerprint density at radius 1 is 0.821 bits per heavy atom. The molecule has 4 aromatic rings. The Bertz CT molecular complexity index is 1480. The number of amides is 3. The van der Waals surface area contributed by atoms with Crippen LogP contribution in [0.1, 0.15) is 34.2 Å². The van der Waals surface area contributed by atoms with Crippen LogP contribution in [-0.2, 0) is 9.59 Å². The second-order valence-corrected chi connectivity index (χ2v) is 10.3. The van der Waals surface area contributed by atoms with E-state index in [1.165, 1.54) is 29.7 Å². The number of benzene rings is 3. The molecule has 8 heteroatoms. The first-order valence-corrected chi connectivity index (χ1v) is 13.2. The first kappa shape index (κ1) is 27.5. The van der Waals surface area contributed by atoms with Gasteiger partial charge in [0.1, 0.15) is 11.5 Å². The molecule has 0 aliphatic carbocycles. The van der Waals surface area contributed by atoms with Crippen molar-refractivity contribution < 1.29 is 18.8 Å². The highest BCUT2D eigenvalue weighted by molar-refractivity contribution is 8.00. The lowest BCUT2D eigenvalue weighted by molar-refractivity contribution is -0.115. The van der Waals surface area contributed by atoms with E-state index in [0.717, 1.165) is 16.1 Å². The number of carbonyl (C=O) groups is 3. The van der Waals surface area contributed by atoms with Crippen molar-refractivity contribution in [2.45, 2.75) is 30.9 Å². The Balaban J connectivity index is 1.39. The van der Waals surface area contributed by atoms with Crippen LogP contribution in [0.25, 0.3) is 6.08 Å². The Morgan fingerprint density at radius 2 is 1.54 bits per heavy atom. The van der Waals surface area contributed by atoms with E-state index in [-0.39, 0.29) is 16.9 Å². The van der Waals surface area contributed by atoms with Crippen LogP contribution in [-0.4, -0.2) is 23.0 Å². The molecule has 198 valence electrons. The monoisotopic (exact) mass is 539 g/mol. The van der Waals surface area contributed by atoms with Crippen LogP contribution >= 0.6 is 11.8 Å². The second kappa shape index (κ2) is 12.8. The van der Waals surface area contributed by atoms with E-state index in [0.29, 0.717) is 17.0 Å². The lowest BCUT2D eigenvalue weighted by atomic mass is 10.1. The number of rotatable bonds is 9. The fraction of sp³-hybridized carbons (Fsp3) is 0.129. The summed E-state index contributed by atoms with van der Waals surface area (Å²) in [5, 5.41) is 8.10. The molecule has 0 saturated heterocycles. The SMILES string of the molecule is Cc1ccc(NC(=O)C(C)Sc2ccc(NC(=O)/C(=C/c3ccco3)NC(=O)c3ccccc3)cc2)cc1C. The van der Waals surface area contributed by atoms with Crippen molar-refractivity contribution in [3.05, 3.63) is 119 Å². The molecule has 1 unspecified atom stereocenters. The van der Waals surface area contributed by atoms with Gasteiger partial charge >= 0.3 is 0 Å². The molecule has 0 fully saturated rings. The summed E-state index contributed by atoms with van der Waals surface area (Å²) in [7, 11) is 0. The summed E-state index contributed by atoms with van der Waals surface area (Å²) in [4.78, 5) is 39.3. The standard InChI is InChI=1S/C31H29N3O4S/c1-20-11-12-25(18-21(20)2)33-29(35)22(3)39-27-15-13-24(14-16-27)32-31(37)28(19-26-10-7-17-38-26)34-30(36)23-8-5-4-6-9-23/h4-19,22H,1-3H3,(H,32,37)(H,33,35)(H,34,36)/b28-19-. The molecule has 0 aliphatic rings. The summed E-state index contributed by atoms with van der Waals surface area (Å²) in [6.07, 6.45) is 2.95. The van der Waals surface area contributed by atoms with E-state index in [1.54, 1.807) is 48.5 Å². The first-order valence-electron chi connectivity index (χ1n) is 12.4. The molecule has 4 rings (SSSR count). The zero-order chi connectivity index (χ0) is 27.8. The Hall–Kier alpha value is -4.56. The van der Waals surface area contributed by atoms with Crippen molar-refractivity contribution in [3.63, 3.8) is 0 Å². The summed E-state index contributed by atoms with van der Waals surface area (Å²) in [6.45, 7) is 5.89. The fourth-order valence-electron chi connectivity index (χ4n) is 3.59. The molecular formula is C31H29N3O4S. The van der Waals surface area contributed by atoms with Gasteiger partial charge in [-0.2, -0.15) is 0 Å². The molecule has 7 nitrogen and oxygen atoms in total. The fourth-order valence-corrected chi connectivity index (χ4v) is 4.46. The van der Waals surface area contributed by atoms with Crippen LogP contribution in [0.4, 0.5) is 11.4 Å². The van der Waals surface area contributed by atoms with E-state index in [2.05, 4.69) is 16.0 Å². The Labute approximate surface area is 231 Å². The van der Waals surface area contributed by atoms with E-state index in [1.807, 2.05) is 57.2 Å². The predicted octanol–water partition coefficient (Wildman–Crippen LogP) is 6.43. The molecule has 3 aromatic carbocycles. The average molecular weight is 540 g/mol. The summed E-state index contributed by atoms with van der Waals surface area (Å²) in [6, 6.07) is 25.0. The number of nitrogens with one attached hydrogen (secondary N) is 3. The third-order valence-electron chi connectivity index (χ3n) is 5.93. The molecule has 3 N–H and O–H groups in total. The molecule has 1 aromatic heterocycles. The van der Waals surface area contributed by atoms with Gasteiger partial charge in [-0.3, -0.25) is 14.4 Å². The lowest BCUT2D eigenvalue weighted by Gasteiger charge is -2.14. The third-order valence-corrected chi connectivity index (χ3v) is 7.04. The van der Waals surface area contributed by atoms with Gasteiger partial charge in [-0.1, -0.05) is 24.3 Å². The summed E-state index contributed by atoms with van der Waals surface area (Å²) in [5.74, 6) is -0.587. The molecule has 39 heavy (non-hydrogen) atoms. The van der Waals surface area contributed by atoms with E-state index in [4.69, 9.17) is 4.42 Å². The number of hydrogen-bond donors (Lipinski definition) is 3. The molecule has 0 radical (unpaired) electrons. The summed E-state index contributed by atoms with van der Waals surface area (Å²) < 4.78 is 5.33. The Morgan fingerprint density at radius 3 is 2.21 bits per heavy atom. The van der Waals surface area contributed by atoms with Gasteiger partial charge in [0, 0.05) is 27.9 Å². The minimum atomic E-state index is -0.503. The molecule has 1 heterocycles. The van der Waals surface area contributed by atoms with Crippen molar-refractivity contribution in [2.75, 3.05) is 10.6 Å². The third kappa shape index (κ3) is 7.72. The maximum absolute atomic E-state index is 13.1. The highest BCUT2D eigenvalue weighted by Crippen LogP contribution is 2.26. The van der Waals surface area contributed by atoms with Crippen molar-refractivity contribution in [1.29, 1.82) is 0 Å². The van der Waals surface area contributed by atoms with Gasteiger partial charge in [0.15, 0.2) is 0 Å². The minimum absolute atomic E-state index is 0.0360. The van der Waals surface area contributed by atoms with Gasteiger partial charge in [0.05, 0.1) is 11.5 Å². The van der Waals surface area contributed by atoms with Gasteiger partial charge in [-0.15, -0.1) is 11.8 Å². The quantitative estimate of drug-likeness (QED) is 0.168. The van der Waals surface area contributed by atoms with Gasteiger partial charge in [0.2, 0.25) is 5.91 Å². The minimum Gasteiger partial charge on any atom is -0.465 e. The largest absolute Gasteiger partial charge is 0.465 e. The lowest BCUT2D eigenvalue weighted by Crippen LogP contribution is -2.30. The number of furan rings is 1. The average Bonchev–Trinajstić information content (AvgIpc) is 3.45. The van der Waals surface area contributed by atoms with Crippen molar-refractivity contribution >= 4 is 46.9 Å². The van der Waals surface area contributed by atoms with Crippen LogP contribution in [0.15, 0.2) is 106 Å². The molecule has 3 amide bonds. The smallest absolute Gasteiger partial charge is 0.272 e. The zero-order valence-electron chi connectivity index (χ0n) is 21.9. The number of thioether (sulfide) groups is 1. The first-order chi connectivity index (χ1) is 18.8. The Kier molecular flexibility index (Phi) is 9.01.